The zero-order valence-electron chi connectivity index (χ0n) is 9.81. The highest BCUT2D eigenvalue weighted by Gasteiger charge is 2.17. The van der Waals surface area contributed by atoms with Gasteiger partial charge in [-0.05, 0) is 23.8 Å². The van der Waals surface area contributed by atoms with E-state index in [0.29, 0.717) is 22.1 Å². The highest BCUT2D eigenvalue weighted by Crippen LogP contribution is 2.39. The maximum absolute atomic E-state index is 11.3. The van der Waals surface area contributed by atoms with E-state index in [1.54, 1.807) is 18.2 Å². The lowest BCUT2D eigenvalue weighted by molar-refractivity contribution is -0.122. The quantitative estimate of drug-likeness (QED) is 0.795. The second-order valence-electron chi connectivity index (χ2n) is 3.75. The summed E-state index contributed by atoms with van der Waals surface area (Å²) in [5.74, 6) is 0.00199. The van der Waals surface area contributed by atoms with Crippen LogP contribution in [0.1, 0.15) is 5.56 Å². The zero-order chi connectivity index (χ0) is 13.8. The molecule has 100 valence electrons. The predicted molar refractivity (Wildman–Crippen MR) is 68.8 cm³/mol. The Balaban J connectivity index is 2.05. The zero-order valence-corrected chi connectivity index (χ0v) is 10.6. The van der Waals surface area contributed by atoms with Gasteiger partial charge >= 0.3 is 0 Å². The molecule has 1 aromatic rings. The van der Waals surface area contributed by atoms with Gasteiger partial charge in [0, 0.05) is 6.08 Å². The van der Waals surface area contributed by atoms with Crippen LogP contribution in [-0.4, -0.2) is 25.2 Å². The van der Waals surface area contributed by atoms with Gasteiger partial charge in [0.15, 0.2) is 11.5 Å². The van der Waals surface area contributed by atoms with E-state index in [1.165, 1.54) is 6.08 Å². The molecule has 0 aliphatic carbocycles. The maximum Gasteiger partial charge on any atom is 0.244 e. The van der Waals surface area contributed by atoms with Crippen LogP contribution in [0.2, 0.25) is 5.02 Å². The molecule has 1 aliphatic heterocycles. The Kier molecular flexibility index (Phi) is 3.91. The normalized spacial score (nSPS) is 12.7. The Hall–Kier alpha value is -2.21. The monoisotopic (exact) mass is 282 g/mol. The number of benzene rings is 1. The van der Waals surface area contributed by atoms with Crippen LogP contribution in [-0.2, 0) is 9.59 Å². The number of primary amides is 1. The van der Waals surface area contributed by atoms with Gasteiger partial charge in [-0.15, -0.1) is 0 Å². The summed E-state index contributed by atoms with van der Waals surface area (Å²) in [4.78, 5) is 21.8. The average molecular weight is 283 g/mol. The van der Waals surface area contributed by atoms with Crippen molar-refractivity contribution >= 4 is 29.5 Å². The lowest BCUT2D eigenvalue weighted by Crippen LogP contribution is -2.32. The molecule has 0 atom stereocenters. The van der Waals surface area contributed by atoms with Crippen molar-refractivity contribution in [3.63, 3.8) is 0 Å². The van der Waals surface area contributed by atoms with E-state index in [2.05, 4.69) is 5.32 Å². The SMILES string of the molecule is NC(=O)CNC(=O)/C=C/c1cc(Cl)c2c(c1)OCO2. The number of nitrogens with one attached hydrogen (secondary N) is 1. The fourth-order valence-corrected chi connectivity index (χ4v) is 1.76. The van der Waals surface area contributed by atoms with Crippen molar-refractivity contribution in [1.29, 1.82) is 0 Å². The number of carbonyl (C=O) groups excluding carboxylic acids is 2. The number of carbonyl (C=O) groups is 2. The van der Waals surface area contributed by atoms with Gasteiger partial charge < -0.3 is 20.5 Å². The Labute approximate surface area is 114 Å². The Morgan fingerprint density at radius 1 is 1.42 bits per heavy atom. The van der Waals surface area contributed by atoms with E-state index in [0.717, 1.165) is 0 Å². The molecule has 0 saturated carbocycles. The molecule has 0 bridgehead atoms. The van der Waals surface area contributed by atoms with Gasteiger partial charge in [-0.3, -0.25) is 9.59 Å². The first-order valence-electron chi connectivity index (χ1n) is 5.39. The third-order valence-corrected chi connectivity index (χ3v) is 2.59. The average Bonchev–Trinajstić information content (AvgIpc) is 2.82. The molecule has 0 unspecified atom stereocenters. The van der Waals surface area contributed by atoms with Gasteiger partial charge in [0.25, 0.3) is 0 Å². The molecule has 0 saturated heterocycles. The number of amides is 2. The van der Waals surface area contributed by atoms with Crippen molar-refractivity contribution in [2.24, 2.45) is 5.73 Å². The second kappa shape index (κ2) is 5.62. The molecule has 1 aromatic carbocycles. The lowest BCUT2D eigenvalue weighted by Gasteiger charge is -2.01. The molecule has 0 fully saturated rings. The van der Waals surface area contributed by atoms with E-state index < -0.39 is 11.8 Å². The van der Waals surface area contributed by atoms with Gasteiger partial charge in [-0.2, -0.15) is 0 Å². The van der Waals surface area contributed by atoms with Crippen molar-refractivity contribution in [2.75, 3.05) is 13.3 Å². The fourth-order valence-electron chi connectivity index (χ4n) is 1.49. The summed E-state index contributed by atoms with van der Waals surface area (Å²) >= 11 is 5.99. The smallest absolute Gasteiger partial charge is 0.244 e. The minimum Gasteiger partial charge on any atom is -0.454 e. The number of nitrogens with two attached hydrogens (primary N) is 1. The van der Waals surface area contributed by atoms with Crippen LogP contribution in [0.5, 0.6) is 11.5 Å². The molecular weight excluding hydrogens is 272 g/mol. The van der Waals surface area contributed by atoms with Crippen molar-refractivity contribution in [3.05, 3.63) is 28.8 Å². The first-order valence-corrected chi connectivity index (χ1v) is 5.77. The second-order valence-corrected chi connectivity index (χ2v) is 4.16. The van der Waals surface area contributed by atoms with Crippen LogP contribution >= 0.6 is 11.6 Å². The Bertz CT molecular complexity index is 557. The highest BCUT2D eigenvalue weighted by atomic mass is 35.5. The molecule has 2 amide bonds. The van der Waals surface area contributed by atoms with Crippen LogP contribution in [0, 0.1) is 0 Å². The maximum atomic E-state index is 11.3. The summed E-state index contributed by atoms with van der Waals surface area (Å²) in [7, 11) is 0. The first kappa shape index (κ1) is 13.2. The van der Waals surface area contributed by atoms with Gasteiger partial charge in [0.1, 0.15) is 0 Å². The standard InChI is InChI=1S/C12H11ClN2O4/c13-8-3-7(4-9-12(8)19-6-18-9)1-2-11(17)15-5-10(14)16/h1-4H,5-6H2,(H2,14,16)(H,15,17)/b2-1+. The van der Waals surface area contributed by atoms with Crippen molar-refractivity contribution in [2.45, 2.75) is 0 Å². The third-order valence-electron chi connectivity index (χ3n) is 2.31. The molecule has 2 rings (SSSR count). The summed E-state index contributed by atoms with van der Waals surface area (Å²) in [6, 6.07) is 3.35. The number of fused-ring (bicyclic) bond motifs is 1. The number of hydrogen-bond acceptors (Lipinski definition) is 4. The fraction of sp³-hybridized carbons (Fsp3) is 0.167. The molecule has 1 heterocycles. The van der Waals surface area contributed by atoms with Gasteiger partial charge in [-0.25, -0.2) is 0 Å². The first-order chi connectivity index (χ1) is 9.06. The van der Waals surface area contributed by atoms with Crippen LogP contribution in [0.25, 0.3) is 6.08 Å². The minimum atomic E-state index is -0.604. The minimum absolute atomic E-state index is 0.126. The van der Waals surface area contributed by atoms with E-state index in [1.807, 2.05) is 0 Å². The summed E-state index contributed by atoms with van der Waals surface area (Å²) in [5, 5.41) is 2.74. The van der Waals surface area contributed by atoms with Gasteiger partial charge in [0.2, 0.25) is 18.6 Å². The topological polar surface area (TPSA) is 90.7 Å². The third kappa shape index (κ3) is 3.38. The largest absolute Gasteiger partial charge is 0.454 e. The number of halogens is 1. The predicted octanol–water partition coefficient (Wildman–Crippen LogP) is 0.683. The lowest BCUT2D eigenvalue weighted by atomic mass is 10.2. The van der Waals surface area contributed by atoms with E-state index in [4.69, 9.17) is 26.8 Å². The summed E-state index contributed by atoms with van der Waals surface area (Å²) < 4.78 is 10.4. The molecule has 1 aliphatic rings. The van der Waals surface area contributed by atoms with Crippen LogP contribution in [0.4, 0.5) is 0 Å². The molecular formula is C12H11ClN2O4. The molecule has 0 spiro atoms. The Morgan fingerprint density at radius 2 is 2.21 bits per heavy atom. The Morgan fingerprint density at radius 3 is 2.95 bits per heavy atom. The molecule has 7 heteroatoms. The van der Waals surface area contributed by atoms with Gasteiger partial charge in [-0.1, -0.05) is 11.6 Å². The van der Waals surface area contributed by atoms with Crippen LogP contribution < -0.4 is 20.5 Å². The van der Waals surface area contributed by atoms with Crippen molar-refractivity contribution < 1.29 is 19.1 Å². The number of hydrogen-bond donors (Lipinski definition) is 2. The molecule has 3 N–H and O–H groups in total. The number of rotatable bonds is 4. The van der Waals surface area contributed by atoms with E-state index in [-0.39, 0.29) is 13.3 Å². The summed E-state index contributed by atoms with van der Waals surface area (Å²) in [5.41, 5.74) is 5.59. The van der Waals surface area contributed by atoms with Crippen LogP contribution in [0.3, 0.4) is 0 Å². The van der Waals surface area contributed by atoms with Crippen molar-refractivity contribution in [3.8, 4) is 11.5 Å². The molecule has 0 aromatic heterocycles. The molecule has 19 heavy (non-hydrogen) atoms. The van der Waals surface area contributed by atoms with Crippen LogP contribution in [0.15, 0.2) is 18.2 Å². The number of ether oxygens (including phenoxy) is 2. The molecule has 0 radical (unpaired) electrons. The van der Waals surface area contributed by atoms with E-state index in [9.17, 15) is 9.59 Å². The van der Waals surface area contributed by atoms with E-state index >= 15 is 0 Å². The summed E-state index contributed by atoms with van der Waals surface area (Å²) in [6.45, 7) is -0.0770. The van der Waals surface area contributed by atoms with Gasteiger partial charge in [0.05, 0.1) is 11.6 Å². The summed E-state index contributed by atoms with van der Waals surface area (Å²) in [6.07, 6.45) is 2.82. The molecule has 6 nitrogen and oxygen atoms in total. The highest BCUT2D eigenvalue weighted by molar-refractivity contribution is 6.32. The van der Waals surface area contributed by atoms with Crippen molar-refractivity contribution in [1.82, 2.24) is 5.32 Å².